The van der Waals surface area contributed by atoms with Gasteiger partial charge >= 0.3 is 0 Å². The van der Waals surface area contributed by atoms with Crippen molar-refractivity contribution in [2.24, 2.45) is 5.41 Å². The van der Waals surface area contributed by atoms with Crippen LogP contribution in [0.5, 0.6) is 0 Å². The quantitative estimate of drug-likeness (QED) is 0.655. The molecule has 1 aliphatic heterocycles. The summed E-state index contributed by atoms with van der Waals surface area (Å²) in [4.78, 5) is 13.5. The van der Waals surface area contributed by atoms with Crippen molar-refractivity contribution in [3.8, 4) is 0 Å². The van der Waals surface area contributed by atoms with E-state index in [0.717, 1.165) is 26.1 Å². The van der Waals surface area contributed by atoms with Crippen LogP contribution in [0.1, 0.15) is 27.2 Å². The molecule has 0 spiro atoms. The van der Waals surface area contributed by atoms with Crippen LogP contribution >= 0.6 is 0 Å². The van der Waals surface area contributed by atoms with E-state index in [4.69, 9.17) is 0 Å². The van der Waals surface area contributed by atoms with Gasteiger partial charge in [0.2, 0.25) is 5.91 Å². The summed E-state index contributed by atoms with van der Waals surface area (Å²) >= 11 is 0. The Morgan fingerprint density at radius 2 is 2.15 bits per heavy atom. The molecule has 0 aliphatic carbocycles. The molecule has 1 rings (SSSR count). The van der Waals surface area contributed by atoms with E-state index in [9.17, 15) is 4.79 Å². The van der Waals surface area contributed by atoms with Crippen LogP contribution in [-0.2, 0) is 4.79 Å². The molecule has 3 nitrogen and oxygen atoms in total. The fourth-order valence-corrected chi connectivity index (χ4v) is 1.57. The molecule has 1 saturated heterocycles. The molecule has 0 radical (unpaired) electrons. The third-order valence-electron chi connectivity index (χ3n) is 2.08. The maximum Gasteiger partial charge on any atom is 0.236 e. The van der Waals surface area contributed by atoms with Crippen LogP contribution in [0.15, 0.2) is 0 Å². The number of carbonyl (C=O) groups excluding carboxylic acids is 1. The Bertz CT molecular complexity index is 184. The fourth-order valence-electron chi connectivity index (χ4n) is 1.57. The summed E-state index contributed by atoms with van der Waals surface area (Å²) in [5.74, 6) is 0.243. The molecule has 1 aliphatic rings. The molecule has 1 N–H and O–H groups in total. The molecule has 13 heavy (non-hydrogen) atoms. The predicted molar refractivity (Wildman–Crippen MR) is 53.5 cm³/mol. The minimum absolute atomic E-state index is 0.208. The van der Waals surface area contributed by atoms with Gasteiger partial charge in [0.05, 0.1) is 6.54 Å². The van der Waals surface area contributed by atoms with E-state index in [0.29, 0.717) is 6.54 Å². The van der Waals surface area contributed by atoms with Crippen LogP contribution in [0.4, 0.5) is 0 Å². The van der Waals surface area contributed by atoms with Crippen LogP contribution in [0.3, 0.4) is 0 Å². The molecular formula is C10H20N2O. The minimum atomic E-state index is 0.208. The first-order valence-electron chi connectivity index (χ1n) is 4.97. The summed E-state index contributed by atoms with van der Waals surface area (Å²) in [7, 11) is 0. The summed E-state index contributed by atoms with van der Waals surface area (Å²) in [6, 6.07) is 0. The highest BCUT2D eigenvalue weighted by molar-refractivity contribution is 5.78. The van der Waals surface area contributed by atoms with E-state index in [1.54, 1.807) is 0 Å². The highest BCUT2D eigenvalue weighted by Gasteiger charge is 2.21. The zero-order valence-corrected chi connectivity index (χ0v) is 8.89. The normalized spacial score (nSPS) is 20.2. The maximum atomic E-state index is 11.6. The maximum absolute atomic E-state index is 11.6. The van der Waals surface area contributed by atoms with Crippen LogP contribution in [0.2, 0.25) is 0 Å². The minimum Gasteiger partial charge on any atom is -0.341 e. The zero-order valence-electron chi connectivity index (χ0n) is 8.89. The van der Waals surface area contributed by atoms with Gasteiger partial charge in [0, 0.05) is 13.1 Å². The second-order valence-corrected chi connectivity index (χ2v) is 4.91. The molecule has 3 heteroatoms. The molecule has 1 amide bonds. The third kappa shape index (κ3) is 3.77. The second-order valence-electron chi connectivity index (χ2n) is 4.91. The molecule has 1 heterocycles. The van der Waals surface area contributed by atoms with Crippen molar-refractivity contribution in [2.45, 2.75) is 27.2 Å². The summed E-state index contributed by atoms with van der Waals surface area (Å²) in [5.41, 5.74) is 0.208. The second kappa shape index (κ2) is 4.09. The van der Waals surface area contributed by atoms with Gasteiger partial charge in [0.25, 0.3) is 0 Å². The Labute approximate surface area is 80.5 Å². The SMILES string of the molecule is CC(C)(C)CN1CCCNCC1=O. The number of nitrogens with one attached hydrogen (secondary N) is 1. The zero-order chi connectivity index (χ0) is 9.90. The van der Waals surface area contributed by atoms with Crippen LogP contribution < -0.4 is 5.32 Å². The predicted octanol–water partition coefficient (Wildman–Crippen LogP) is 0.854. The number of hydrogen-bond acceptors (Lipinski definition) is 2. The van der Waals surface area contributed by atoms with Crippen molar-refractivity contribution in [1.29, 1.82) is 0 Å². The van der Waals surface area contributed by atoms with Gasteiger partial charge in [-0.15, -0.1) is 0 Å². The number of carbonyl (C=O) groups is 1. The van der Waals surface area contributed by atoms with Crippen molar-refractivity contribution in [1.82, 2.24) is 10.2 Å². The molecule has 0 bridgehead atoms. The lowest BCUT2D eigenvalue weighted by Crippen LogP contribution is -2.40. The van der Waals surface area contributed by atoms with Gasteiger partial charge in [0.1, 0.15) is 0 Å². The van der Waals surface area contributed by atoms with Gasteiger partial charge in [-0.2, -0.15) is 0 Å². The van der Waals surface area contributed by atoms with Crippen molar-refractivity contribution in [2.75, 3.05) is 26.2 Å². The van der Waals surface area contributed by atoms with Gasteiger partial charge in [-0.25, -0.2) is 0 Å². The van der Waals surface area contributed by atoms with Gasteiger partial charge in [0.15, 0.2) is 0 Å². The van der Waals surface area contributed by atoms with Crippen molar-refractivity contribution >= 4 is 5.91 Å². The lowest BCUT2D eigenvalue weighted by molar-refractivity contribution is -0.130. The Hall–Kier alpha value is -0.570. The molecule has 1 fully saturated rings. The molecule has 76 valence electrons. The molecule has 0 aromatic heterocycles. The summed E-state index contributed by atoms with van der Waals surface area (Å²) < 4.78 is 0. The Kier molecular flexibility index (Phi) is 3.31. The fraction of sp³-hybridized carbons (Fsp3) is 0.900. The highest BCUT2D eigenvalue weighted by Crippen LogP contribution is 2.15. The first kappa shape index (κ1) is 10.5. The smallest absolute Gasteiger partial charge is 0.236 e. The van der Waals surface area contributed by atoms with Gasteiger partial charge in [-0.05, 0) is 18.4 Å². The van der Waals surface area contributed by atoms with E-state index >= 15 is 0 Å². The first-order valence-corrected chi connectivity index (χ1v) is 4.97. The van der Waals surface area contributed by atoms with Gasteiger partial charge in [-0.3, -0.25) is 4.79 Å². The number of rotatable bonds is 1. The topological polar surface area (TPSA) is 32.3 Å². The first-order chi connectivity index (χ1) is 5.99. The van der Waals surface area contributed by atoms with Crippen LogP contribution in [-0.4, -0.2) is 37.0 Å². The number of amides is 1. The standard InChI is InChI=1S/C10H20N2O/c1-10(2,3)8-12-6-4-5-11-7-9(12)13/h11H,4-8H2,1-3H3. The molecular weight excluding hydrogens is 164 g/mol. The van der Waals surface area contributed by atoms with Crippen LogP contribution in [0, 0.1) is 5.41 Å². The van der Waals surface area contributed by atoms with E-state index in [1.807, 2.05) is 4.90 Å². The monoisotopic (exact) mass is 184 g/mol. The highest BCUT2D eigenvalue weighted by atomic mass is 16.2. The summed E-state index contributed by atoms with van der Waals surface area (Å²) in [6.07, 6.45) is 1.07. The molecule has 0 saturated carbocycles. The van der Waals surface area contributed by atoms with Gasteiger partial charge < -0.3 is 10.2 Å². The average molecular weight is 184 g/mol. The number of hydrogen-bond donors (Lipinski definition) is 1. The Morgan fingerprint density at radius 3 is 2.77 bits per heavy atom. The lowest BCUT2D eigenvalue weighted by atomic mass is 9.96. The van der Waals surface area contributed by atoms with Crippen molar-refractivity contribution < 1.29 is 4.79 Å². The van der Waals surface area contributed by atoms with E-state index in [1.165, 1.54) is 0 Å². The molecule has 0 aromatic rings. The van der Waals surface area contributed by atoms with Crippen molar-refractivity contribution in [3.05, 3.63) is 0 Å². The lowest BCUT2D eigenvalue weighted by Gasteiger charge is -2.28. The van der Waals surface area contributed by atoms with E-state index in [-0.39, 0.29) is 11.3 Å². The third-order valence-corrected chi connectivity index (χ3v) is 2.08. The Morgan fingerprint density at radius 1 is 1.46 bits per heavy atom. The largest absolute Gasteiger partial charge is 0.341 e. The molecule has 0 atom stereocenters. The summed E-state index contributed by atoms with van der Waals surface area (Å²) in [5, 5.41) is 3.12. The van der Waals surface area contributed by atoms with E-state index in [2.05, 4.69) is 26.1 Å². The average Bonchev–Trinajstić information content (AvgIpc) is 2.14. The molecule has 0 unspecified atom stereocenters. The molecule has 0 aromatic carbocycles. The van der Waals surface area contributed by atoms with E-state index < -0.39 is 0 Å². The van der Waals surface area contributed by atoms with Gasteiger partial charge in [-0.1, -0.05) is 20.8 Å². The van der Waals surface area contributed by atoms with Crippen molar-refractivity contribution in [3.63, 3.8) is 0 Å². The summed E-state index contributed by atoms with van der Waals surface area (Å²) in [6.45, 7) is 9.74. The number of nitrogens with zero attached hydrogens (tertiary/aromatic N) is 1. The Balaban J connectivity index is 2.50. The van der Waals surface area contributed by atoms with Crippen LogP contribution in [0.25, 0.3) is 0 Å².